The predicted octanol–water partition coefficient (Wildman–Crippen LogP) is 7.53. The first kappa shape index (κ1) is 23.4. The molecule has 0 bridgehead atoms. The third-order valence-electron chi connectivity index (χ3n) is 7.11. The number of rotatable bonds is 3. The highest BCUT2D eigenvalue weighted by molar-refractivity contribution is 8.19. The lowest BCUT2D eigenvalue weighted by Crippen LogP contribution is -2.45. The van der Waals surface area contributed by atoms with Gasteiger partial charge in [-0.1, -0.05) is 43.3 Å². The van der Waals surface area contributed by atoms with Crippen molar-refractivity contribution >= 4 is 46.0 Å². The number of carbonyl (C=O) groups is 1. The Balaban J connectivity index is 1.57. The summed E-state index contributed by atoms with van der Waals surface area (Å²) in [5, 5.41) is 0.670. The third-order valence-corrected chi connectivity index (χ3v) is 8.08. The Hall–Kier alpha value is -3.31. The average Bonchev–Trinajstić information content (AvgIpc) is 3.14. The fourth-order valence-corrected chi connectivity index (χ4v) is 5.99. The number of aryl methyl sites for hydroxylation is 1. The number of hydrogen-bond donors (Lipinski definition) is 0. The topological polar surface area (TPSA) is 35.9 Å². The fraction of sp³-hybridized carbons (Fsp3) is 0.267. The maximum Gasteiger partial charge on any atom is 0.271 e. The molecular weight excluding hydrogens is 450 g/mol. The summed E-state index contributed by atoms with van der Waals surface area (Å²) in [5.41, 5.74) is 6.66. The summed E-state index contributed by atoms with van der Waals surface area (Å²) in [6, 6.07) is 24.1. The molecular formula is C30H31N3OS. The Bertz CT molecular complexity index is 1330. The fourth-order valence-electron chi connectivity index (χ4n) is 5.00. The van der Waals surface area contributed by atoms with Crippen molar-refractivity contribution in [2.24, 2.45) is 4.99 Å². The quantitative estimate of drug-likeness (QED) is 0.363. The second-order valence-corrected chi connectivity index (χ2v) is 11.1. The second kappa shape index (κ2) is 9.04. The van der Waals surface area contributed by atoms with E-state index in [2.05, 4.69) is 51.8 Å². The van der Waals surface area contributed by atoms with E-state index in [1.807, 2.05) is 66.7 Å². The second-order valence-electron chi connectivity index (χ2n) is 10.1. The summed E-state index contributed by atoms with van der Waals surface area (Å²) < 4.78 is 0. The van der Waals surface area contributed by atoms with Crippen LogP contribution in [0.5, 0.6) is 0 Å². The van der Waals surface area contributed by atoms with Gasteiger partial charge in [-0.15, -0.1) is 0 Å². The smallest absolute Gasteiger partial charge is 0.271 e. The van der Waals surface area contributed by atoms with Crippen LogP contribution in [0.3, 0.4) is 0 Å². The average molecular weight is 482 g/mol. The molecule has 35 heavy (non-hydrogen) atoms. The molecule has 0 N–H and O–H groups in total. The number of hydrogen-bond acceptors (Lipinski definition) is 4. The lowest BCUT2D eigenvalue weighted by Gasteiger charge is -2.45. The molecule has 1 saturated heterocycles. The summed E-state index contributed by atoms with van der Waals surface area (Å²) in [6.45, 7) is 9.04. The van der Waals surface area contributed by atoms with E-state index >= 15 is 0 Å². The van der Waals surface area contributed by atoms with Crippen LogP contribution in [0.4, 0.5) is 17.1 Å². The summed E-state index contributed by atoms with van der Waals surface area (Å²) in [6.07, 6.45) is 3.14. The van der Waals surface area contributed by atoms with Crippen LogP contribution in [0.1, 0.15) is 49.8 Å². The normalized spacial score (nSPS) is 21.6. The van der Waals surface area contributed by atoms with Crippen molar-refractivity contribution in [2.45, 2.75) is 45.6 Å². The van der Waals surface area contributed by atoms with Gasteiger partial charge in [-0.3, -0.25) is 9.69 Å². The first-order chi connectivity index (χ1) is 16.7. The largest absolute Gasteiger partial charge is 0.369 e. The van der Waals surface area contributed by atoms with Crippen LogP contribution in [0, 0.1) is 6.92 Å². The summed E-state index contributed by atoms with van der Waals surface area (Å²) in [7, 11) is 2.18. The van der Waals surface area contributed by atoms with Gasteiger partial charge < -0.3 is 4.90 Å². The molecule has 1 atom stereocenters. The highest BCUT2D eigenvalue weighted by atomic mass is 32.2. The zero-order valence-corrected chi connectivity index (χ0v) is 21.8. The van der Waals surface area contributed by atoms with Crippen LogP contribution in [-0.4, -0.2) is 23.7 Å². The van der Waals surface area contributed by atoms with Crippen LogP contribution in [0.25, 0.3) is 6.08 Å². The number of carbonyl (C=O) groups excluding carboxylic acids is 1. The molecule has 4 nitrogen and oxygen atoms in total. The number of anilines is 2. The van der Waals surface area contributed by atoms with E-state index in [9.17, 15) is 4.79 Å². The van der Waals surface area contributed by atoms with Crippen molar-refractivity contribution in [1.82, 2.24) is 0 Å². The van der Waals surface area contributed by atoms with Gasteiger partial charge in [0, 0.05) is 18.3 Å². The van der Waals surface area contributed by atoms with Crippen LogP contribution in [0.2, 0.25) is 0 Å². The number of fused-ring (bicyclic) bond motifs is 1. The molecule has 0 aliphatic carbocycles. The van der Waals surface area contributed by atoms with Gasteiger partial charge in [0.25, 0.3) is 5.91 Å². The molecule has 5 heteroatoms. The van der Waals surface area contributed by atoms with Gasteiger partial charge in [0.05, 0.1) is 16.3 Å². The maximum absolute atomic E-state index is 13.7. The van der Waals surface area contributed by atoms with E-state index in [1.165, 1.54) is 28.6 Å². The Morgan fingerprint density at radius 2 is 1.69 bits per heavy atom. The highest BCUT2D eigenvalue weighted by Crippen LogP contribution is 2.44. The van der Waals surface area contributed by atoms with E-state index in [-0.39, 0.29) is 11.4 Å². The third kappa shape index (κ3) is 4.41. The molecule has 1 fully saturated rings. The Morgan fingerprint density at radius 3 is 2.37 bits per heavy atom. The molecule has 2 aliphatic rings. The van der Waals surface area contributed by atoms with Crippen molar-refractivity contribution in [3.8, 4) is 0 Å². The van der Waals surface area contributed by atoms with Crippen molar-refractivity contribution in [3.05, 3.63) is 94.4 Å². The van der Waals surface area contributed by atoms with E-state index in [4.69, 9.17) is 4.99 Å². The van der Waals surface area contributed by atoms with Gasteiger partial charge in [-0.2, -0.15) is 0 Å². The van der Waals surface area contributed by atoms with Crippen molar-refractivity contribution in [2.75, 3.05) is 16.8 Å². The minimum absolute atomic E-state index is 0.0423. The number of amides is 1. The zero-order valence-electron chi connectivity index (χ0n) is 20.9. The number of benzene rings is 3. The van der Waals surface area contributed by atoms with Crippen LogP contribution in [0.15, 0.2) is 82.7 Å². The lowest BCUT2D eigenvalue weighted by atomic mass is 9.79. The molecule has 0 radical (unpaired) electrons. The predicted molar refractivity (Wildman–Crippen MR) is 150 cm³/mol. The molecule has 1 amide bonds. The SMILES string of the molecule is Cc1cc2c(cc1/C=C1\SC(=Nc3ccccc3)N(c3ccccc3)C1=O)[C@@H](C)CC(C)(C)N2C. The maximum atomic E-state index is 13.7. The Morgan fingerprint density at radius 1 is 1.03 bits per heavy atom. The van der Waals surface area contributed by atoms with Gasteiger partial charge in [-0.25, -0.2) is 4.99 Å². The highest BCUT2D eigenvalue weighted by Gasteiger charge is 2.36. The monoisotopic (exact) mass is 481 g/mol. The lowest BCUT2D eigenvalue weighted by molar-refractivity contribution is -0.113. The number of aliphatic imine (C=N–C) groups is 1. The first-order valence-corrected chi connectivity index (χ1v) is 12.9. The van der Waals surface area contributed by atoms with E-state index in [0.717, 1.165) is 23.4 Å². The van der Waals surface area contributed by atoms with Gasteiger partial charge >= 0.3 is 0 Å². The molecule has 2 heterocycles. The van der Waals surface area contributed by atoms with E-state index in [0.29, 0.717) is 16.0 Å². The molecule has 3 aromatic rings. The summed E-state index contributed by atoms with van der Waals surface area (Å²) in [4.78, 5) is 23.3. The molecule has 0 unspecified atom stereocenters. The number of amidine groups is 1. The zero-order chi connectivity index (χ0) is 24.7. The standard InChI is InChI=1S/C30H31N3OS/c1-20-16-26-25(21(2)19-30(3,4)32(26)5)17-22(20)18-27-28(34)33(24-14-10-7-11-15-24)29(35-27)31-23-12-8-6-9-13-23/h6-18,21H,19H2,1-5H3/b27-18-,31-29?/t21-/m0/s1. The number of thioether (sulfide) groups is 1. The first-order valence-electron chi connectivity index (χ1n) is 12.1. The van der Waals surface area contributed by atoms with Crippen LogP contribution < -0.4 is 9.80 Å². The molecule has 178 valence electrons. The molecule has 0 saturated carbocycles. The molecule has 2 aliphatic heterocycles. The summed E-state index contributed by atoms with van der Waals surface area (Å²) in [5.74, 6) is 0.413. The van der Waals surface area contributed by atoms with Crippen LogP contribution >= 0.6 is 11.8 Å². The summed E-state index contributed by atoms with van der Waals surface area (Å²) >= 11 is 1.44. The van der Waals surface area contributed by atoms with Gasteiger partial charge in [0.15, 0.2) is 5.17 Å². The Kier molecular flexibility index (Phi) is 6.06. The molecule has 3 aromatic carbocycles. The van der Waals surface area contributed by atoms with E-state index < -0.39 is 0 Å². The van der Waals surface area contributed by atoms with Crippen molar-refractivity contribution in [1.29, 1.82) is 0 Å². The van der Waals surface area contributed by atoms with Gasteiger partial charge in [-0.05, 0) is 104 Å². The molecule has 0 spiro atoms. The van der Waals surface area contributed by atoms with Gasteiger partial charge in [0.1, 0.15) is 0 Å². The van der Waals surface area contributed by atoms with Crippen molar-refractivity contribution < 1.29 is 4.79 Å². The molecule has 0 aromatic heterocycles. The molecule has 5 rings (SSSR count). The minimum atomic E-state index is -0.0423. The number of nitrogens with zero attached hydrogens (tertiary/aromatic N) is 3. The van der Waals surface area contributed by atoms with Crippen LogP contribution in [-0.2, 0) is 4.79 Å². The van der Waals surface area contributed by atoms with Gasteiger partial charge in [0.2, 0.25) is 0 Å². The minimum Gasteiger partial charge on any atom is -0.369 e. The van der Waals surface area contributed by atoms with Crippen molar-refractivity contribution in [3.63, 3.8) is 0 Å². The Labute approximate surface area is 212 Å². The van der Waals surface area contributed by atoms with E-state index in [1.54, 1.807) is 4.90 Å². The number of para-hydroxylation sites is 2.